The van der Waals surface area contributed by atoms with Crippen molar-refractivity contribution in [1.82, 2.24) is 19.9 Å². The Labute approximate surface area is 213 Å². The summed E-state index contributed by atoms with van der Waals surface area (Å²) in [6, 6.07) is 8.00. The van der Waals surface area contributed by atoms with Gasteiger partial charge in [0.05, 0.1) is 11.3 Å². The van der Waals surface area contributed by atoms with Crippen LogP contribution in [-0.4, -0.2) is 58.8 Å². The fraction of sp³-hybridized carbons (Fsp3) is 0.536. The molecule has 3 aromatic rings. The van der Waals surface area contributed by atoms with Gasteiger partial charge in [-0.15, -0.1) is 0 Å². The molecule has 0 saturated carbocycles. The Morgan fingerprint density at radius 2 is 1.97 bits per heavy atom. The molecule has 2 aromatic heterocycles. The van der Waals surface area contributed by atoms with Crippen molar-refractivity contribution in [2.45, 2.75) is 65.2 Å². The van der Waals surface area contributed by atoms with E-state index in [0.717, 1.165) is 72.3 Å². The number of carbonyl (C=O) groups is 1. The van der Waals surface area contributed by atoms with Crippen LogP contribution in [0.5, 0.6) is 5.75 Å². The van der Waals surface area contributed by atoms with Gasteiger partial charge >= 0.3 is 6.09 Å². The Bertz CT molecular complexity index is 1150. The van der Waals surface area contributed by atoms with E-state index in [1.54, 1.807) is 6.20 Å². The number of hydrogen-bond acceptors (Lipinski definition) is 7. The van der Waals surface area contributed by atoms with Crippen LogP contribution in [0.4, 0.5) is 4.79 Å². The molecule has 0 radical (unpaired) electrons. The van der Waals surface area contributed by atoms with Gasteiger partial charge in [0.15, 0.2) is 5.58 Å². The highest BCUT2D eigenvalue weighted by atomic mass is 16.6. The maximum Gasteiger partial charge on any atom is 0.410 e. The highest BCUT2D eigenvalue weighted by Crippen LogP contribution is 2.33. The minimum atomic E-state index is -0.461. The summed E-state index contributed by atoms with van der Waals surface area (Å²) in [6.07, 6.45) is 7.19. The van der Waals surface area contributed by atoms with Crippen LogP contribution < -0.4 is 4.74 Å². The van der Waals surface area contributed by atoms with Crippen molar-refractivity contribution < 1.29 is 18.8 Å². The minimum Gasteiger partial charge on any atom is -0.488 e. The third kappa shape index (κ3) is 6.75. The largest absolute Gasteiger partial charge is 0.488 e. The average molecular weight is 495 g/mol. The van der Waals surface area contributed by atoms with E-state index in [1.807, 2.05) is 64.2 Å². The Balaban J connectivity index is 1.39. The Morgan fingerprint density at radius 1 is 1.19 bits per heavy atom. The van der Waals surface area contributed by atoms with Crippen LogP contribution in [0.25, 0.3) is 11.0 Å². The van der Waals surface area contributed by atoms with E-state index in [1.165, 1.54) is 0 Å². The van der Waals surface area contributed by atoms with Crippen LogP contribution in [0.15, 0.2) is 41.2 Å². The lowest BCUT2D eigenvalue weighted by atomic mass is 9.91. The second-order valence-corrected chi connectivity index (χ2v) is 10.9. The van der Waals surface area contributed by atoms with E-state index < -0.39 is 5.60 Å². The number of nitrogens with zero attached hydrogens (tertiary/aromatic N) is 4. The highest BCUT2D eigenvalue weighted by molar-refractivity contribution is 5.84. The molecule has 1 amide bonds. The first kappa shape index (κ1) is 25.9. The summed E-state index contributed by atoms with van der Waals surface area (Å²) in [5, 5.41) is 5.49. The lowest BCUT2D eigenvalue weighted by Crippen LogP contribution is -2.41. The van der Waals surface area contributed by atoms with Crippen molar-refractivity contribution in [3.8, 4) is 5.75 Å². The van der Waals surface area contributed by atoms with Gasteiger partial charge in [-0.2, -0.15) is 0 Å². The van der Waals surface area contributed by atoms with Gasteiger partial charge in [-0.05, 0) is 84.7 Å². The Morgan fingerprint density at radius 3 is 2.64 bits per heavy atom. The van der Waals surface area contributed by atoms with Crippen molar-refractivity contribution in [2.24, 2.45) is 5.92 Å². The molecule has 1 aliphatic rings. The summed E-state index contributed by atoms with van der Waals surface area (Å²) in [4.78, 5) is 20.4. The lowest BCUT2D eigenvalue weighted by molar-refractivity contribution is 0.0181. The van der Waals surface area contributed by atoms with Gasteiger partial charge in [0.1, 0.15) is 18.0 Å². The maximum atomic E-state index is 12.3. The van der Waals surface area contributed by atoms with Gasteiger partial charge in [-0.1, -0.05) is 11.2 Å². The third-order valence-corrected chi connectivity index (χ3v) is 6.42. The number of ether oxygens (including phenoxy) is 2. The van der Waals surface area contributed by atoms with Gasteiger partial charge in [-0.25, -0.2) is 4.79 Å². The van der Waals surface area contributed by atoms with Gasteiger partial charge in [0, 0.05) is 43.0 Å². The summed E-state index contributed by atoms with van der Waals surface area (Å²) in [6.45, 7) is 8.33. The maximum absolute atomic E-state index is 12.3. The molecule has 194 valence electrons. The first-order valence-electron chi connectivity index (χ1n) is 12.7. The smallest absolute Gasteiger partial charge is 0.410 e. The third-order valence-electron chi connectivity index (χ3n) is 6.42. The number of aryl methyl sites for hydroxylation is 1. The molecule has 0 N–H and O–H groups in total. The zero-order chi connectivity index (χ0) is 25.7. The molecule has 0 spiro atoms. The number of fused-ring (bicyclic) bond motifs is 1. The standard InChI is InChI=1S/C28H38N4O4/c1-28(2,3)35-27(33)32-15-12-20(13-16-32)8-10-24-22-9-11-25(34-19-21-7-6-14-29-17-21)23(18-31(4)5)26(22)36-30-24/h6-7,9,11,14,17,20H,8,10,12-13,15-16,18-19H2,1-5H3. The first-order chi connectivity index (χ1) is 17.2. The monoisotopic (exact) mass is 494 g/mol. The molecule has 8 nitrogen and oxygen atoms in total. The van der Waals surface area contributed by atoms with Gasteiger partial charge in [0.2, 0.25) is 0 Å². The van der Waals surface area contributed by atoms with Crippen LogP contribution in [0.3, 0.4) is 0 Å². The van der Waals surface area contributed by atoms with Crippen LogP contribution in [0, 0.1) is 5.92 Å². The quantitative estimate of drug-likeness (QED) is 0.412. The zero-order valence-electron chi connectivity index (χ0n) is 22.1. The topological polar surface area (TPSA) is 80.9 Å². The first-order valence-corrected chi connectivity index (χ1v) is 12.7. The molecule has 1 saturated heterocycles. The number of benzene rings is 1. The summed E-state index contributed by atoms with van der Waals surface area (Å²) in [5.41, 5.74) is 3.34. The van der Waals surface area contributed by atoms with Gasteiger partial charge < -0.3 is 23.8 Å². The Kier molecular flexibility index (Phi) is 8.14. The minimum absolute atomic E-state index is 0.210. The molecule has 4 rings (SSSR count). The van der Waals surface area contributed by atoms with Crippen LogP contribution in [-0.2, 0) is 24.3 Å². The Hall–Kier alpha value is -3.13. The highest BCUT2D eigenvalue weighted by Gasteiger charge is 2.27. The fourth-order valence-corrected chi connectivity index (χ4v) is 4.59. The van der Waals surface area contributed by atoms with E-state index in [9.17, 15) is 4.79 Å². The normalized spacial score (nSPS) is 15.0. The number of aromatic nitrogens is 2. The second-order valence-electron chi connectivity index (χ2n) is 10.9. The van der Waals surface area contributed by atoms with E-state index >= 15 is 0 Å². The van der Waals surface area contributed by atoms with Crippen molar-refractivity contribution in [1.29, 1.82) is 0 Å². The summed E-state index contributed by atoms with van der Waals surface area (Å²) >= 11 is 0. The predicted octanol–water partition coefficient (Wildman–Crippen LogP) is 5.44. The van der Waals surface area contributed by atoms with Crippen molar-refractivity contribution >= 4 is 17.1 Å². The van der Waals surface area contributed by atoms with Crippen molar-refractivity contribution in [2.75, 3.05) is 27.2 Å². The molecule has 0 unspecified atom stereocenters. The number of hydrogen-bond donors (Lipinski definition) is 0. The predicted molar refractivity (Wildman–Crippen MR) is 139 cm³/mol. The van der Waals surface area contributed by atoms with Gasteiger partial charge in [-0.3, -0.25) is 4.98 Å². The molecule has 1 aromatic carbocycles. The van der Waals surface area contributed by atoms with Crippen molar-refractivity contribution in [3.05, 3.63) is 53.5 Å². The lowest BCUT2D eigenvalue weighted by Gasteiger charge is -2.33. The summed E-state index contributed by atoms with van der Waals surface area (Å²) < 4.78 is 17.5. The fourth-order valence-electron chi connectivity index (χ4n) is 4.59. The van der Waals surface area contributed by atoms with Crippen molar-refractivity contribution in [3.63, 3.8) is 0 Å². The molecule has 1 fully saturated rings. The number of rotatable bonds is 8. The molecular weight excluding hydrogens is 456 g/mol. The molecule has 3 heterocycles. The molecular formula is C28H38N4O4. The zero-order valence-corrected chi connectivity index (χ0v) is 22.1. The number of amides is 1. The van der Waals surface area contributed by atoms with E-state index in [-0.39, 0.29) is 6.09 Å². The molecule has 0 atom stereocenters. The summed E-state index contributed by atoms with van der Waals surface area (Å²) in [5.74, 6) is 1.36. The van der Waals surface area contributed by atoms with E-state index in [2.05, 4.69) is 21.1 Å². The van der Waals surface area contributed by atoms with E-state index in [0.29, 0.717) is 19.1 Å². The number of piperidine rings is 1. The van der Waals surface area contributed by atoms with Gasteiger partial charge in [0.25, 0.3) is 0 Å². The van der Waals surface area contributed by atoms with Crippen LogP contribution in [0.2, 0.25) is 0 Å². The van der Waals surface area contributed by atoms with Crippen LogP contribution >= 0.6 is 0 Å². The SMILES string of the molecule is CN(C)Cc1c(OCc2cccnc2)ccc2c(CCC3CCN(C(=O)OC(C)(C)C)CC3)noc12. The molecule has 8 heteroatoms. The molecule has 0 aliphatic carbocycles. The molecule has 36 heavy (non-hydrogen) atoms. The second kappa shape index (κ2) is 11.3. The number of carbonyl (C=O) groups excluding carboxylic acids is 1. The van der Waals surface area contributed by atoms with Crippen LogP contribution in [0.1, 0.15) is 56.9 Å². The van der Waals surface area contributed by atoms with E-state index in [4.69, 9.17) is 14.0 Å². The number of pyridine rings is 1. The molecule has 0 bridgehead atoms. The molecule has 1 aliphatic heterocycles. The average Bonchev–Trinajstić information content (AvgIpc) is 3.25. The number of likely N-dealkylation sites (tertiary alicyclic amines) is 1. The summed E-state index contributed by atoms with van der Waals surface area (Å²) in [7, 11) is 4.06.